The van der Waals surface area contributed by atoms with Gasteiger partial charge in [-0.2, -0.15) is 0 Å². The number of aromatic nitrogens is 1. The molecule has 1 unspecified atom stereocenters. The Morgan fingerprint density at radius 1 is 1.38 bits per heavy atom. The summed E-state index contributed by atoms with van der Waals surface area (Å²) in [5, 5.41) is 16.7. The molecule has 16 heavy (non-hydrogen) atoms. The molecule has 0 fully saturated rings. The summed E-state index contributed by atoms with van der Waals surface area (Å²) < 4.78 is 4.82. The minimum Gasteiger partial charge on any atom is -0.374 e. The molecule has 1 aromatic carbocycles. The lowest BCUT2D eigenvalue weighted by Gasteiger charge is -2.22. The molecule has 0 spiro atoms. The first-order chi connectivity index (χ1) is 7.84. The maximum atomic E-state index is 9.74. The molecule has 3 rings (SSSR count). The van der Waals surface area contributed by atoms with Gasteiger partial charge in [0.1, 0.15) is 18.2 Å². The highest BCUT2D eigenvalue weighted by molar-refractivity contribution is 5.60. The van der Waals surface area contributed by atoms with Gasteiger partial charge in [-0.05, 0) is 23.6 Å². The molecule has 82 valence electrons. The van der Waals surface area contributed by atoms with Gasteiger partial charge in [-0.3, -0.25) is 5.32 Å². The average molecular weight is 216 g/mol. The van der Waals surface area contributed by atoms with Crippen molar-refractivity contribution in [2.45, 2.75) is 12.6 Å². The van der Waals surface area contributed by atoms with Gasteiger partial charge in [0.25, 0.3) is 0 Å². The van der Waals surface area contributed by atoms with Crippen LogP contribution in [-0.4, -0.2) is 16.8 Å². The molecular formula is C12H12N2O2. The van der Waals surface area contributed by atoms with E-state index in [0.717, 1.165) is 29.8 Å². The van der Waals surface area contributed by atoms with Crippen LogP contribution < -0.4 is 5.32 Å². The van der Waals surface area contributed by atoms with Gasteiger partial charge in [0.05, 0.1) is 0 Å². The van der Waals surface area contributed by atoms with Crippen LogP contribution >= 0.6 is 0 Å². The molecule has 0 aliphatic carbocycles. The number of hydrogen-bond donors (Lipinski definition) is 2. The lowest BCUT2D eigenvalue weighted by atomic mass is 9.96. The summed E-state index contributed by atoms with van der Waals surface area (Å²) >= 11 is 0. The van der Waals surface area contributed by atoms with E-state index in [0.29, 0.717) is 0 Å². The van der Waals surface area contributed by atoms with E-state index in [1.165, 1.54) is 5.56 Å². The fourth-order valence-electron chi connectivity index (χ4n) is 2.06. The predicted octanol–water partition coefficient (Wildman–Crippen LogP) is 1.48. The standard InChI is InChI=1S/C12H12N2O2/c15-12-10-2-1-9(11-4-6-16-14-11)7-8(10)3-5-13-12/h1-2,4,6-7,12-13,15H,3,5H2. The lowest BCUT2D eigenvalue weighted by Crippen LogP contribution is -2.29. The van der Waals surface area contributed by atoms with Gasteiger partial charge in [-0.25, -0.2) is 0 Å². The van der Waals surface area contributed by atoms with Gasteiger partial charge in [-0.15, -0.1) is 0 Å². The molecular weight excluding hydrogens is 204 g/mol. The largest absolute Gasteiger partial charge is 0.374 e. The number of nitrogens with one attached hydrogen (secondary N) is 1. The van der Waals surface area contributed by atoms with Crippen molar-refractivity contribution < 1.29 is 9.63 Å². The van der Waals surface area contributed by atoms with E-state index in [1.807, 2.05) is 18.2 Å². The topological polar surface area (TPSA) is 58.3 Å². The molecule has 0 saturated heterocycles. The van der Waals surface area contributed by atoms with Gasteiger partial charge in [0.15, 0.2) is 0 Å². The van der Waals surface area contributed by atoms with Crippen molar-refractivity contribution in [3.63, 3.8) is 0 Å². The molecule has 1 aromatic heterocycles. The maximum absolute atomic E-state index is 9.74. The quantitative estimate of drug-likeness (QED) is 0.758. The Labute approximate surface area is 92.9 Å². The van der Waals surface area contributed by atoms with Gasteiger partial charge >= 0.3 is 0 Å². The third-order valence-electron chi connectivity index (χ3n) is 2.90. The Kier molecular flexibility index (Phi) is 2.23. The zero-order valence-corrected chi connectivity index (χ0v) is 8.68. The molecule has 2 aromatic rings. The van der Waals surface area contributed by atoms with Crippen LogP contribution in [0.2, 0.25) is 0 Å². The van der Waals surface area contributed by atoms with Crippen LogP contribution in [0.15, 0.2) is 35.1 Å². The SMILES string of the molecule is OC1NCCc2cc(-c3ccon3)ccc21. The van der Waals surface area contributed by atoms with Gasteiger partial charge in [0.2, 0.25) is 0 Å². The number of benzene rings is 1. The van der Waals surface area contributed by atoms with Crippen LogP contribution in [-0.2, 0) is 6.42 Å². The minimum atomic E-state index is -0.546. The van der Waals surface area contributed by atoms with E-state index in [2.05, 4.69) is 16.5 Å². The summed E-state index contributed by atoms with van der Waals surface area (Å²) in [6, 6.07) is 7.79. The van der Waals surface area contributed by atoms with E-state index < -0.39 is 6.23 Å². The van der Waals surface area contributed by atoms with Crippen molar-refractivity contribution in [1.29, 1.82) is 0 Å². The van der Waals surface area contributed by atoms with Crippen molar-refractivity contribution in [3.05, 3.63) is 41.7 Å². The molecule has 2 N–H and O–H groups in total. The Morgan fingerprint density at radius 2 is 2.31 bits per heavy atom. The zero-order chi connectivity index (χ0) is 11.0. The highest BCUT2D eigenvalue weighted by atomic mass is 16.5. The van der Waals surface area contributed by atoms with Crippen LogP contribution in [0.3, 0.4) is 0 Å². The number of aliphatic hydroxyl groups is 1. The second-order valence-corrected chi connectivity index (χ2v) is 3.90. The first kappa shape index (κ1) is 9.57. The summed E-state index contributed by atoms with van der Waals surface area (Å²) in [5.74, 6) is 0. The highest BCUT2D eigenvalue weighted by Crippen LogP contribution is 2.26. The monoisotopic (exact) mass is 216 g/mol. The zero-order valence-electron chi connectivity index (χ0n) is 8.68. The predicted molar refractivity (Wildman–Crippen MR) is 58.6 cm³/mol. The summed E-state index contributed by atoms with van der Waals surface area (Å²) in [6.07, 6.45) is 1.94. The van der Waals surface area contributed by atoms with Crippen molar-refractivity contribution in [1.82, 2.24) is 10.5 Å². The Morgan fingerprint density at radius 3 is 3.12 bits per heavy atom. The summed E-state index contributed by atoms with van der Waals surface area (Å²) in [7, 11) is 0. The maximum Gasteiger partial charge on any atom is 0.131 e. The van der Waals surface area contributed by atoms with E-state index >= 15 is 0 Å². The van der Waals surface area contributed by atoms with Crippen molar-refractivity contribution in [2.24, 2.45) is 0 Å². The Balaban J connectivity index is 2.05. The molecule has 4 nitrogen and oxygen atoms in total. The highest BCUT2D eigenvalue weighted by Gasteiger charge is 2.17. The van der Waals surface area contributed by atoms with Crippen LogP contribution in [0, 0.1) is 0 Å². The molecule has 4 heteroatoms. The van der Waals surface area contributed by atoms with E-state index in [1.54, 1.807) is 6.26 Å². The van der Waals surface area contributed by atoms with Crippen LogP contribution in [0.4, 0.5) is 0 Å². The summed E-state index contributed by atoms with van der Waals surface area (Å²) in [4.78, 5) is 0. The number of hydrogen-bond acceptors (Lipinski definition) is 4. The first-order valence-corrected chi connectivity index (χ1v) is 5.29. The fourth-order valence-corrected chi connectivity index (χ4v) is 2.06. The van der Waals surface area contributed by atoms with Crippen molar-refractivity contribution >= 4 is 0 Å². The second kappa shape index (κ2) is 3.73. The van der Waals surface area contributed by atoms with Crippen molar-refractivity contribution in [3.8, 4) is 11.3 Å². The Hall–Kier alpha value is -1.65. The van der Waals surface area contributed by atoms with Crippen LogP contribution in [0.1, 0.15) is 17.4 Å². The van der Waals surface area contributed by atoms with E-state index in [4.69, 9.17) is 4.52 Å². The molecule has 2 heterocycles. The average Bonchev–Trinajstić information content (AvgIpc) is 2.82. The third-order valence-corrected chi connectivity index (χ3v) is 2.90. The van der Waals surface area contributed by atoms with Crippen LogP contribution in [0.5, 0.6) is 0 Å². The summed E-state index contributed by atoms with van der Waals surface area (Å²) in [6.45, 7) is 0.802. The molecule has 0 saturated carbocycles. The summed E-state index contributed by atoms with van der Waals surface area (Å²) in [5.41, 5.74) is 3.99. The molecule has 1 aliphatic heterocycles. The number of aliphatic hydroxyl groups excluding tert-OH is 1. The molecule has 1 atom stereocenters. The molecule has 0 bridgehead atoms. The lowest BCUT2D eigenvalue weighted by molar-refractivity contribution is 0.132. The number of rotatable bonds is 1. The first-order valence-electron chi connectivity index (χ1n) is 5.29. The number of nitrogens with zero attached hydrogens (tertiary/aromatic N) is 1. The smallest absolute Gasteiger partial charge is 0.131 e. The van der Waals surface area contributed by atoms with Gasteiger partial charge < -0.3 is 9.63 Å². The number of fused-ring (bicyclic) bond motifs is 1. The minimum absolute atomic E-state index is 0.546. The van der Waals surface area contributed by atoms with Gasteiger partial charge in [0, 0.05) is 18.2 Å². The van der Waals surface area contributed by atoms with Crippen LogP contribution in [0.25, 0.3) is 11.3 Å². The third kappa shape index (κ3) is 1.52. The van der Waals surface area contributed by atoms with Crippen molar-refractivity contribution in [2.75, 3.05) is 6.54 Å². The Bertz CT molecular complexity index is 494. The van der Waals surface area contributed by atoms with E-state index in [9.17, 15) is 5.11 Å². The molecule has 0 radical (unpaired) electrons. The van der Waals surface area contributed by atoms with E-state index in [-0.39, 0.29) is 0 Å². The fraction of sp³-hybridized carbons (Fsp3) is 0.250. The normalized spacial score (nSPS) is 19.4. The van der Waals surface area contributed by atoms with Gasteiger partial charge in [-0.1, -0.05) is 17.3 Å². The molecule has 1 aliphatic rings. The second-order valence-electron chi connectivity index (χ2n) is 3.90. The molecule has 0 amide bonds.